The molecule has 0 amide bonds. The molecule has 1 aromatic rings. The molecule has 1 aromatic carbocycles. The third-order valence-electron chi connectivity index (χ3n) is 5.51. The molecule has 1 fully saturated rings. The van der Waals surface area contributed by atoms with Gasteiger partial charge in [-0.25, -0.2) is 0 Å². The predicted octanol–water partition coefficient (Wildman–Crippen LogP) is 3.70. The van der Waals surface area contributed by atoms with Crippen LogP contribution in [0.25, 0.3) is 0 Å². The second-order valence-electron chi connectivity index (χ2n) is 8.18. The number of likely N-dealkylation sites (tertiary alicyclic amines) is 1. The summed E-state index contributed by atoms with van der Waals surface area (Å²) in [4.78, 5) is 14.6. The average Bonchev–Trinajstić information content (AvgIpc) is 2.85. The number of carbonyl (C=O) groups is 1. The Hall–Kier alpha value is -1.35. The lowest BCUT2D eigenvalue weighted by molar-refractivity contribution is -0.161. The number of hydrogen-bond donors (Lipinski definition) is 0. The van der Waals surface area contributed by atoms with Crippen molar-refractivity contribution < 1.29 is 9.53 Å². The summed E-state index contributed by atoms with van der Waals surface area (Å²) in [6.07, 6.45) is 4.77. The van der Waals surface area contributed by atoms with E-state index in [1.807, 2.05) is 27.7 Å². The number of ether oxygens (including phenoxy) is 1. The summed E-state index contributed by atoms with van der Waals surface area (Å²) in [6.45, 7) is 9.73. The highest BCUT2D eigenvalue weighted by atomic mass is 16.6. The fourth-order valence-corrected chi connectivity index (χ4v) is 4.16. The third-order valence-corrected chi connectivity index (χ3v) is 5.51. The Bertz CT molecular complexity index is 580. The first-order valence-corrected chi connectivity index (χ1v) is 8.86. The number of piperidine rings is 1. The molecule has 0 radical (unpaired) electrons. The van der Waals surface area contributed by atoms with Gasteiger partial charge in [-0.15, -0.1) is 0 Å². The molecule has 3 heteroatoms. The van der Waals surface area contributed by atoms with Crippen LogP contribution in [0.5, 0.6) is 0 Å². The van der Waals surface area contributed by atoms with Gasteiger partial charge in [0.2, 0.25) is 0 Å². The van der Waals surface area contributed by atoms with Crippen LogP contribution < -0.4 is 0 Å². The minimum atomic E-state index is -0.410. The minimum Gasteiger partial charge on any atom is -0.459 e. The molecule has 0 saturated carbocycles. The molecule has 3 nitrogen and oxygen atoms in total. The lowest BCUT2D eigenvalue weighted by Crippen LogP contribution is -2.49. The molecule has 1 spiro atoms. The quantitative estimate of drug-likeness (QED) is 0.780. The van der Waals surface area contributed by atoms with Gasteiger partial charge < -0.3 is 4.74 Å². The maximum atomic E-state index is 12.3. The highest BCUT2D eigenvalue weighted by molar-refractivity contribution is 5.75. The molecule has 1 aliphatic carbocycles. The molecular formula is C20H29NO2. The van der Waals surface area contributed by atoms with E-state index in [1.54, 1.807) is 5.56 Å². The van der Waals surface area contributed by atoms with Gasteiger partial charge >= 0.3 is 5.97 Å². The van der Waals surface area contributed by atoms with Crippen molar-refractivity contribution in [1.82, 2.24) is 4.90 Å². The molecule has 1 heterocycles. The molecule has 0 aromatic heterocycles. The molecule has 3 rings (SSSR count). The molecule has 0 bridgehead atoms. The summed E-state index contributed by atoms with van der Waals surface area (Å²) in [6, 6.07) is 8.76. The molecule has 126 valence electrons. The number of esters is 1. The van der Waals surface area contributed by atoms with Gasteiger partial charge in [-0.05, 0) is 83.0 Å². The summed E-state index contributed by atoms with van der Waals surface area (Å²) in [7, 11) is 0. The first-order chi connectivity index (χ1) is 10.8. The van der Waals surface area contributed by atoms with Crippen LogP contribution in [0.15, 0.2) is 24.3 Å². The Labute approximate surface area is 140 Å². The van der Waals surface area contributed by atoms with Gasteiger partial charge in [0, 0.05) is 0 Å². The van der Waals surface area contributed by atoms with Gasteiger partial charge in [-0.2, -0.15) is 0 Å². The van der Waals surface area contributed by atoms with Crippen LogP contribution in [0, 0.1) is 0 Å². The van der Waals surface area contributed by atoms with E-state index < -0.39 is 5.60 Å². The highest BCUT2D eigenvalue weighted by Gasteiger charge is 2.42. The van der Waals surface area contributed by atoms with Crippen molar-refractivity contribution in [3.63, 3.8) is 0 Å². The second-order valence-corrected chi connectivity index (χ2v) is 8.18. The molecule has 1 aliphatic heterocycles. The summed E-state index contributed by atoms with van der Waals surface area (Å²) >= 11 is 0. The molecule has 2 aliphatic rings. The smallest absolute Gasteiger partial charge is 0.323 e. The van der Waals surface area contributed by atoms with E-state index in [4.69, 9.17) is 4.74 Å². The Morgan fingerprint density at radius 3 is 2.48 bits per heavy atom. The van der Waals surface area contributed by atoms with E-state index >= 15 is 0 Å². The van der Waals surface area contributed by atoms with Crippen molar-refractivity contribution in [3.8, 4) is 0 Å². The zero-order chi connectivity index (χ0) is 16.7. The van der Waals surface area contributed by atoms with Crippen molar-refractivity contribution in [2.24, 2.45) is 0 Å². The number of rotatable bonds is 2. The minimum absolute atomic E-state index is 0.0970. The lowest BCUT2D eigenvalue weighted by Gasteiger charge is -2.42. The van der Waals surface area contributed by atoms with Crippen LogP contribution in [0.2, 0.25) is 0 Å². The van der Waals surface area contributed by atoms with Crippen molar-refractivity contribution in [2.75, 3.05) is 13.1 Å². The number of carbonyl (C=O) groups excluding carboxylic acids is 1. The molecule has 23 heavy (non-hydrogen) atoms. The SMILES string of the molecule is CC(C(=O)OC(C)(C)C)N1CCC2(CCc3ccccc32)CC1. The lowest BCUT2D eigenvalue weighted by atomic mass is 9.73. The van der Waals surface area contributed by atoms with E-state index in [0.29, 0.717) is 5.41 Å². The van der Waals surface area contributed by atoms with Gasteiger partial charge in [-0.3, -0.25) is 9.69 Å². The van der Waals surface area contributed by atoms with E-state index in [2.05, 4.69) is 29.2 Å². The number of nitrogens with zero attached hydrogens (tertiary/aromatic N) is 1. The van der Waals surface area contributed by atoms with Crippen molar-refractivity contribution in [3.05, 3.63) is 35.4 Å². The molecule has 1 unspecified atom stereocenters. The monoisotopic (exact) mass is 315 g/mol. The number of hydrogen-bond acceptors (Lipinski definition) is 3. The van der Waals surface area contributed by atoms with E-state index in [1.165, 1.54) is 18.4 Å². The number of benzene rings is 1. The standard InChI is InChI=1S/C20H29NO2/c1-15(18(22)23-19(2,3)4)21-13-11-20(12-14-21)10-9-16-7-5-6-8-17(16)20/h5-8,15H,9-14H2,1-4H3. The fraction of sp³-hybridized carbons (Fsp3) is 0.650. The van der Waals surface area contributed by atoms with Gasteiger partial charge in [0.25, 0.3) is 0 Å². The van der Waals surface area contributed by atoms with Crippen molar-refractivity contribution in [1.29, 1.82) is 0 Å². The number of fused-ring (bicyclic) bond motifs is 2. The van der Waals surface area contributed by atoms with Gasteiger partial charge in [0.15, 0.2) is 0 Å². The Kier molecular flexibility index (Phi) is 4.26. The number of aryl methyl sites for hydroxylation is 1. The molecular weight excluding hydrogens is 286 g/mol. The summed E-state index contributed by atoms with van der Waals surface area (Å²) in [5.74, 6) is -0.0970. The third kappa shape index (κ3) is 3.30. The van der Waals surface area contributed by atoms with Crippen molar-refractivity contribution in [2.45, 2.75) is 70.4 Å². The summed E-state index contributed by atoms with van der Waals surface area (Å²) in [5.41, 5.74) is 3.03. The predicted molar refractivity (Wildman–Crippen MR) is 92.6 cm³/mol. The van der Waals surface area contributed by atoms with E-state index in [9.17, 15) is 4.79 Å². The van der Waals surface area contributed by atoms with E-state index in [-0.39, 0.29) is 12.0 Å². The molecule has 1 saturated heterocycles. The molecule has 0 N–H and O–H groups in total. The van der Waals surface area contributed by atoms with Crippen LogP contribution in [0.4, 0.5) is 0 Å². The van der Waals surface area contributed by atoms with Crippen molar-refractivity contribution >= 4 is 5.97 Å². The second kappa shape index (κ2) is 5.94. The van der Waals surface area contributed by atoms with Crippen LogP contribution >= 0.6 is 0 Å². The zero-order valence-corrected chi connectivity index (χ0v) is 14.9. The average molecular weight is 315 g/mol. The van der Waals surface area contributed by atoms with E-state index in [0.717, 1.165) is 25.9 Å². The molecule has 1 atom stereocenters. The maximum absolute atomic E-state index is 12.3. The summed E-state index contributed by atoms with van der Waals surface area (Å²) in [5, 5.41) is 0. The van der Waals surface area contributed by atoms with Crippen LogP contribution in [0.1, 0.15) is 58.1 Å². The Morgan fingerprint density at radius 1 is 1.17 bits per heavy atom. The topological polar surface area (TPSA) is 29.5 Å². The Morgan fingerprint density at radius 2 is 1.83 bits per heavy atom. The fourth-order valence-electron chi connectivity index (χ4n) is 4.16. The van der Waals surface area contributed by atoms with Gasteiger partial charge in [-0.1, -0.05) is 24.3 Å². The normalized spacial score (nSPS) is 21.9. The summed E-state index contributed by atoms with van der Waals surface area (Å²) < 4.78 is 5.55. The van der Waals surface area contributed by atoms with Gasteiger partial charge in [0.05, 0.1) is 0 Å². The largest absolute Gasteiger partial charge is 0.459 e. The van der Waals surface area contributed by atoms with Gasteiger partial charge in [0.1, 0.15) is 11.6 Å². The highest BCUT2D eigenvalue weighted by Crippen LogP contribution is 2.46. The first-order valence-electron chi connectivity index (χ1n) is 8.86. The first kappa shape index (κ1) is 16.5. The maximum Gasteiger partial charge on any atom is 0.323 e. The Balaban J connectivity index is 1.64. The van der Waals surface area contributed by atoms with Crippen LogP contribution in [-0.2, 0) is 21.4 Å². The zero-order valence-electron chi connectivity index (χ0n) is 14.9. The van der Waals surface area contributed by atoms with Crippen LogP contribution in [0.3, 0.4) is 0 Å². The van der Waals surface area contributed by atoms with Crippen LogP contribution in [-0.4, -0.2) is 35.6 Å².